The Morgan fingerprint density at radius 2 is 1.29 bits per heavy atom. The molecule has 0 aromatic rings. The normalized spacial score (nSPS) is 13.4. The molecule has 2 radical (unpaired) electrons. The maximum atomic E-state index is 13.0. The molecule has 0 rings (SSSR count). The van der Waals surface area contributed by atoms with E-state index >= 15 is 0 Å². The van der Waals surface area contributed by atoms with Crippen molar-refractivity contribution >= 4 is 43.1 Å². The summed E-state index contributed by atoms with van der Waals surface area (Å²) in [7, 11) is 7.15. The lowest BCUT2D eigenvalue weighted by molar-refractivity contribution is -0.131. The fourth-order valence-corrected chi connectivity index (χ4v) is 3.67. The summed E-state index contributed by atoms with van der Waals surface area (Å²) in [5.41, 5.74) is 14.8. The van der Waals surface area contributed by atoms with Crippen LogP contribution in [0.2, 0.25) is 0 Å². The number of nitrogens with one attached hydrogen (secondary N) is 5. The number of unbranched alkanes of at least 4 members (excludes halogenated alkanes) is 2. The highest BCUT2D eigenvalue weighted by Crippen LogP contribution is 2.07. The van der Waals surface area contributed by atoms with Crippen LogP contribution in [0, 0.1) is 0 Å². The van der Waals surface area contributed by atoms with Crippen molar-refractivity contribution in [3.05, 3.63) is 0 Å². The van der Waals surface area contributed by atoms with E-state index < -0.39 is 41.5 Å². The molecule has 240 valence electrons. The molecule has 4 atom stereocenters. The third-order valence-electron chi connectivity index (χ3n) is 6.23. The summed E-state index contributed by atoms with van der Waals surface area (Å²) in [6.45, 7) is 6.82. The molecule has 0 aromatic heterocycles. The smallest absolute Gasteiger partial charge is 0.243 e. The van der Waals surface area contributed by atoms with Gasteiger partial charge in [-0.3, -0.25) is 24.0 Å². The van der Waals surface area contributed by atoms with Crippen LogP contribution in [-0.4, -0.2) is 93.9 Å². The molecule has 0 bridgehead atoms. The van der Waals surface area contributed by atoms with Crippen molar-refractivity contribution in [1.29, 1.82) is 0 Å². The minimum Gasteiger partial charge on any atom is -0.370 e. The van der Waals surface area contributed by atoms with Gasteiger partial charge in [0, 0.05) is 19.4 Å². The van der Waals surface area contributed by atoms with Gasteiger partial charge in [-0.2, -0.15) is 0 Å². The molecule has 0 heterocycles. The average molecular weight is 597 g/mol. The zero-order valence-corrected chi connectivity index (χ0v) is 25.8. The predicted octanol–water partition coefficient (Wildman–Crippen LogP) is -1.81. The van der Waals surface area contributed by atoms with E-state index in [2.05, 4.69) is 26.6 Å². The number of amides is 5. The van der Waals surface area contributed by atoms with Crippen LogP contribution in [0.25, 0.3) is 0 Å². The molecule has 0 aliphatic carbocycles. The molecule has 42 heavy (non-hydrogen) atoms. The molecule has 15 heteroatoms. The number of hydrogen-bond donors (Lipinski definition) is 8. The molecule has 0 fully saturated rings. The van der Waals surface area contributed by atoms with Crippen molar-refractivity contribution < 1.29 is 28.8 Å². The molecule has 0 saturated carbocycles. The fourth-order valence-electron chi connectivity index (χ4n) is 3.67. The lowest BCUT2D eigenvalue weighted by atomic mass is 9.91. The third-order valence-corrected chi connectivity index (χ3v) is 6.23. The van der Waals surface area contributed by atoms with Crippen LogP contribution in [0.5, 0.6) is 0 Å². The molecule has 14 nitrogen and oxygen atoms in total. The largest absolute Gasteiger partial charge is 0.370 e. The van der Waals surface area contributed by atoms with Crippen molar-refractivity contribution in [1.82, 2.24) is 26.6 Å². The lowest BCUT2D eigenvalue weighted by Crippen LogP contribution is -2.55. The second-order valence-corrected chi connectivity index (χ2v) is 9.94. The van der Waals surface area contributed by atoms with Crippen LogP contribution < -0.4 is 43.8 Å². The van der Waals surface area contributed by atoms with Gasteiger partial charge < -0.3 is 48.6 Å². The van der Waals surface area contributed by atoms with Gasteiger partial charge in [-0.25, -0.2) is 0 Å². The predicted molar refractivity (Wildman–Crippen MR) is 163 cm³/mol. The maximum Gasteiger partial charge on any atom is 0.243 e. The quantitative estimate of drug-likeness (QED) is 0.0489. The molecule has 0 aliphatic rings. The molecule has 11 N–H and O–H groups in total. The van der Waals surface area contributed by atoms with Crippen LogP contribution in [0.15, 0.2) is 0 Å². The van der Waals surface area contributed by atoms with E-state index in [0.717, 1.165) is 6.42 Å². The van der Waals surface area contributed by atoms with Gasteiger partial charge in [0.1, 0.15) is 6.04 Å². The molecular weight excluding hydrogens is 543 g/mol. The van der Waals surface area contributed by atoms with Gasteiger partial charge in [-0.05, 0) is 78.4 Å². The minimum absolute atomic E-state index is 0.0115. The number of carbonyl (C=O) groups excluding carboxylic acids is 6. The highest BCUT2D eigenvalue weighted by atomic mass is 16.2. The van der Waals surface area contributed by atoms with Gasteiger partial charge in [-0.15, -0.1) is 0 Å². The van der Waals surface area contributed by atoms with E-state index in [1.165, 1.54) is 0 Å². The fraction of sp³-hybridized carbons (Fsp3) is 0.778. The Bertz CT molecular complexity index is 832. The van der Waals surface area contributed by atoms with E-state index in [9.17, 15) is 28.8 Å². The van der Waals surface area contributed by atoms with Gasteiger partial charge in [0.15, 0.2) is 7.85 Å². The summed E-state index contributed by atoms with van der Waals surface area (Å²) in [5.74, 6) is -1.86. The van der Waals surface area contributed by atoms with Crippen molar-refractivity contribution in [2.75, 3.05) is 26.7 Å². The summed E-state index contributed by atoms with van der Waals surface area (Å²) in [6, 6.07) is -2.85. The molecule has 0 aliphatic heterocycles. The zero-order chi connectivity index (χ0) is 32.5. The number of carbonyl (C=O) groups is 6. The summed E-state index contributed by atoms with van der Waals surface area (Å²) >= 11 is 0. The first-order valence-corrected chi connectivity index (χ1v) is 14.7. The van der Waals surface area contributed by atoms with Crippen LogP contribution in [0.3, 0.4) is 0 Å². The Morgan fingerprint density at radius 1 is 0.738 bits per heavy atom. The minimum atomic E-state index is -0.935. The Balaban J connectivity index is 0. The van der Waals surface area contributed by atoms with E-state index in [0.29, 0.717) is 58.2 Å². The van der Waals surface area contributed by atoms with Gasteiger partial charge >= 0.3 is 0 Å². The number of rotatable bonds is 23. The van der Waals surface area contributed by atoms with Crippen LogP contribution in [0.4, 0.5) is 0 Å². The van der Waals surface area contributed by atoms with Gasteiger partial charge in [0.05, 0.1) is 23.8 Å². The first kappa shape index (κ1) is 41.1. The highest BCUT2D eigenvalue weighted by Gasteiger charge is 2.27. The van der Waals surface area contributed by atoms with E-state index in [1.54, 1.807) is 14.0 Å². The first-order valence-electron chi connectivity index (χ1n) is 14.7. The zero-order valence-electron chi connectivity index (χ0n) is 25.8. The number of primary amides is 2. The van der Waals surface area contributed by atoms with Gasteiger partial charge in [-0.1, -0.05) is 13.8 Å². The Kier molecular flexibility index (Phi) is 25.1. The summed E-state index contributed by atoms with van der Waals surface area (Å²) in [6.07, 6.45) is 4.58. The summed E-state index contributed by atoms with van der Waals surface area (Å²) in [5, 5.41) is 14.0. The second kappa shape index (κ2) is 25.7. The molecule has 0 unspecified atom stereocenters. The molecular formula is C27H53BN8O6. The average Bonchev–Trinajstić information content (AvgIpc) is 2.93. The first-order chi connectivity index (χ1) is 19.8. The highest BCUT2D eigenvalue weighted by molar-refractivity contribution is 6.59. The van der Waals surface area contributed by atoms with Gasteiger partial charge in [0.25, 0.3) is 0 Å². The van der Waals surface area contributed by atoms with Crippen molar-refractivity contribution in [2.45, 2.75) is 109 Å². The second-order valence-electron chi connectivity index (χ2n) is 9.94. The molecule has 0 aromatic carbocycles. The Hall–Kier alpha value is -3.04. The van der Waals surface area contributed by atoms with Crippen molar-refractivity contribution in [3.63, 3.8) is 0 Å². The SMILES string of the molecule is CCCC(N)=O.[B]C(=O)[C@H](CCCCN)NC(=O)[C@H](CCCCNC(=O)[C@H](C)NC)NC(=O)[C@H](CCC(N)=O)NCC. The maximum absolute atomic E-state index is 13.0. The number of likely N-dealkylation sites (N-methyl/N-ethyl adjacent to an activating group) is 2. The van der Waals surface area contributed by atoms with Crippen molar-refractivity contribution in [3.8, 4) is 0 Å². The summed E-state index contributed by atoms with van der Waals surface area (Å²) in [4.78, 5) is 70.7. The van der Waals surface area contributed by atoms with E-state index in [4.69, 9.17) is 25.0 Å². The van der Waals surface area contributed by atoms with Crippen molar-refractivity contribution in [2.24, 2.45) is 17.2 Å². The van der Waals surface area contributed by atoms with E-state index in [-0.39, 0.29) is 37.1 Å². The molecule has 5 amide bonds. The van der Waals surface area contributed by atoms with Gasteiger partial charge in [0.2, 0.25) is 29.5 Å². The summed E-state index contributed by atoms with van der Waals surface area (Å²) < 4.78 is 0. The third kappa shape index (κ3) is 21.7. The Labute approximate surface area is 251 Å². The Morgan fingerprint density at radius 3 is 1.76 bits per heavy atom. The topological polar surface area (TPSA) is 241 Å². The molecule has 0 spiro atoms. The lowest BCUT2D eigenvalue weighted by Gasteiger charge is -2.25. The monoisotopic (exact) mass is 596 g/mol. The standard InChI is InChI=1S/C23H44BN7O5.C4H9NO/c1-4-28-17(11-12-19(26)32)22(35)31-18(10-6-8-14-29-21(34)15(2)27-3)23(36)30-16(20(24)33)9-5-7-13-25;1-2-3-4(5)6/h15-18,27-28H,4-14,25H2,1-3H3,(H2,26,32)(H,29,34)(H,30,36)(H,31,35);2-3H2,1H3,(H2,5,6)/t15-,16-,17-,18-;/m0./s1. The van der Waals surface area contributed by atoms with Crippen LogP contribution in [-0.2, 0) is 28.8 Å². The number of hydrogen-bond acceptors (Lipinski definition) is 9. The van der Waals surface area contributed by atoms with Crippen LogP contribution in [0.1, 0.15) is 85.0 Å². The van der Waals surface area contributed by atoms with Crippen LogP contribution >= 0.6 is 0 Å². The van der Waals surface area contributed by atoms with E-state index in [1.807, 2.05) is 13.8 Å². The number of nitrogens with two attached hydrogens (primary N) is 3. The molecule has 0 saturated heterocycles.